The molecule has 9 nitrogen and oxygen atoms in total. The molecule has 204 valence electrons. The van der Waals surface area contributed by atoms with Crippen LogP contribution in [0.25, 0.3) is 6.08 Å². The van der Waals surface area contributed by atoms with Crippen LogP contribution in [-0.2, 0) is 30.3 Å². The molecule has 0 aliphatic carbocycles. The van der Waals surface area contributed by atoms with E-state index in [-0.39, 0.29) is 18.0 Å². The van der Waals surface area contributed by atoms with Gasteiger partial charge < -0.3 is 25.4 Å². The lowest BCUT2D eigenvalue weighted by Gasteiger charge is -2.24. The van der Waals surface area contributed by atoms with Gasteiger partial charge in [0.25, 0.3) is 5.91 Å². The number of carbonyl (C=O) groups is 4. The molecule has 0 aromatic heterocycles. The number of hydrogen-bond acceptors (Lipinski definition) is 6. The molecule has 0 saturated carbocycles. The summed E-state index contributed by atoms with van der Waals surface area (Å²) < 4.78 is 10.2. The van der Waals surface area contributed by atoms with Crippen molar-refractivity contribution in [3.8, 4) is 0 Å². The normalized spacial score (nSPS) is 13.2. The fraction of sp³-hybridized carbons (Fsp3) is 0.379. The Hall–Kier alpha value is -4.14. The van der Waals surface area contributed by atoms with Crippen LogP contribution in [0.5, 0.6) is 0 Å². The van der Waals surface area contributed by atoms with E-state index in [1.54, 1.807) is 58.9 Å². The van der Waals surface area contributed by atoms with Crippen molar-refractivity contribution in [1.82, 2.24) is 16.0 Å². The Balaban J connectivity index is 2.37. The highest BCUT2D eigenvalue weighted by Gasteiger charge is 2.29. The first-order chi connectivity index (χ1) is 17.9. The third-order valence-electron chi connectivity index (χ3n) is 5.31. The quantitative estimate of drug-likeness (QED) is 0.323. The van der Waals surface area contributed by atoms with Gasteiger partial charge in [0.05, 0.1) is 7.11 Å². The van der Waals surface area contributed by atoms with Gasteiger partial charge >= 0.3 is 12.1 Å². The Labute approximate surface area is 224 Å². The first kappa shape index (κ1) is 30.1. The van der Waals surface area contributed by atoms with E-state index < -0.39 is 41.6 Å². The van der Waals surface area contributed by atoms with Crippen LogP contribution in [0.3, 0.4) is 0 Å². The Morgan fingerprint density at radius 1 is 0.895 bits per heavy atom. The lowest BCUT2D eigenvalue weighted by molar-refractivity contribution is -0.146. The van der Waals surface area contributed by atoms with Crippen molar-refractivity contribution in [3.05, 3.63) is 77.5 Å². The first-order valence-electron chi connectivity index (χ1n) is 12.4. The molecule has 9 heteroatoms. The molecule has 0 fully saturated rings. The summed E-state index contributed by atoms with van der Waals surface area (Å²) in [5.74, 6) is -2.18. The van der Waals surface area contributed by atoms with E-state index in [0.717, 1.165) is 5.56 Å². The molecule has 0 aliphatic heterocycles. The molecule has 3 amide bonds. The second-order valence-corrected chi connectivity index (χ2v) is 10.1. The zero-order valence-electron chi connectivity index (χ0n) is 22.7. The lowest BCUT2D eigenvalue weighted by Crippen LogP contribution is -2.52. The number of rotatable bonds is 10. The van der Waals surface area contributed by atoms with Gasteiger partial charge in [0.15, 0.2) is 0 Å². The minimum absolute atomic E-state index is 0.0974. The van der Waals surface area contributed by atoms with Gasteiger partial charge in [0.1, 0.15) is 23.4 Å². The van der Waals surface area contributed by atoms with Crippen molar-refractivity contribution < 1.29 is 28.7 Å². The smallest absolute Gasteiger partial charge is 0.408 e. The highest BCUT2D eigenvalue weighted by atomic mass is 16.6. The molecule has 3 N–H and O–H groups in total. The molecule has 0 heterocycles. The molecule has 0 bridgehead atoms. The van der Waals surface area contributed by atoms with Crippen LogP contribution in [0.4, 0.5) is 4.79 Å². The molecule has 0 unspecified atom stereocenters. The molecular weight excluding hydrogens is 486 g/mol. The van der Waals surface area contributed by atoms with Crippen LogP contribution in [-0.4, -0.2) is 48.7 Å². The number of hydrogen-bond donors (Lipinski definition) is 3. The number of esters is 1. The molecule has 0 radical (unpaired) electrons. The standard InChI is InChI=1S/C29H37N3O6/c1-19(2)24(27(35)37-6)32-26(34)22(17-20-13-9-7-10-14-20)30-25(33)23(18-21-15-11-8-12-16-21)31-28(36)38-29(3,4)5/h7-17,19,23-24H,18H2,1-6H3,(H,30,33)(H,31,36)(H,32,34)/t23-,24-/m0/s1. The predicted molar refractivity (Wildman–Crippen MR) is 145 cm³/mol. The van der Waals surface area contributed by atoms with Crippen molar-refractivity contribution in [2.75, 3.05) is 7.11 Å². The third-order valence-corrected chi connectivity index (χ3v) is 5.31. The van der Waals surface area contributed by atoms with Crippen molar-refractivity contribution in [3.63, 3.8) is 0 Å². The maximum Gasteiger partial charge on any atom is 0.408 e. The molecule has 2 rings (SSSR count). The molecular formula is C29H37N3O6. The van der Waals surface area contributed by atoms with E-state index in [9.17, 15) is 19.2 Å². The first-order valence-corrected chi connectivity index (χ1v) is 12.4. The fourth-order valence-electron chi connectivity index (χ4n) is 3.45. The van der Waals surface area contributed by atoms with Crippen LogP contribution < -0.4 is 16.0 Å². The number of ether oxygens (including phenoxy) is 2. The van der Waals surface area contributed by atoms with Crippen molar-refractivity contribution in [2.24, 2.45) is 5.92 Å². The molecule has 0 aliphatic rings. The van der Waals surface area contributed by atoms with Gasteiger partial charge in [0, 0.05) is 6.42 Å². The van der Waals surface area contributed by atoms with Gasteiger partial charge in [-0.2, -0.15) is 0 Å². The van der Waals surface area contributed by atoms with E-state index in [1.165, 1.54) is 13.2 Å². The number of alkyl carbamates (subject to hydrolysis) is 1. The van der Waals surface area contributed by atoms with Gasteiger partial charge in [-0.1, -0.05) is 74.5 Å². The van der Waals surface area contributed by atoms with E-state index in [1.807, 2.05) is 36.4 Å². The summed E-state index contributed by atoms with van der Waals surface area (Å²) in [4.78, 5) is 51.5. The van der Waals surface area contributed by atoms with Gasteiger partial charge in [0.2, 0.25) is 5.91 Å². The van der Waals surface area contributed by atoms with Gasteiger partial charge in [-0.15, -0.1) is 0 Å². The Bertz CT molecular complexity index is 1120. The fourth-order valence-corrected chi connectivity index (χ4v) is 3.45. The summed E-state index contributed by atoms with van der Waals surface area (Å²) in [5, 5.41) is 7.90. The lowest BCUT2D eigenvalue weighted by atomic mass is 10.0. The summed E-state index contributed by atoms with van der Waals surface area (Å²) in [6.07, 6.45) is 0.884. The maximum atomic E-state index is 13.5. The second-order valence-electron chi connectivity index (χ2n) is 10.1. The van der Waals surface area contributed by atoms with Crippen LogP contribution in [0, 0.1) is 5.92 Å². The second kappa shape index (κ2) is 14.0. The number of nitrogens with one attached hydrogen (secondary N) is 3. The predicted octanol–water partition coefficient (Wildman–Crippen LogP) is 3.59. The van der Waals surface area contributed by atoms with E-state index in [4.69, 9.17) is 9.47 Å². The third kappa shape index (κ3) is 10.1. The number of benzene rings is 2. The largest absolute Gasteiger partial charge is 0.467 e. The Kier molecular flexibility index (Phi) is 11.1. The maximum absolute atomic E-state index is 13.5. The van der Waals surface area contributed by atoms with E-state index >= 15 is 0 Å². The number of methoxy groups -OCH3 is 1. The average Bonchev–Trinajstić information content (AvgIpc) is 2.85. The zero-order valence-corrected chi connectivity index (χ0v) is 22.7. The highest BCUT2D eigenvalue weighted by molar-refractivity contribution is 6.03. The van der Waals surface area contributed by atoms with Gasteiger partial charge in [-0.05, 0) is 43.9 Å². The minimum Gasteiger partial charge on any atom is -0.467 e. The van der Waals surface area contributed by atoms with E-state index in [0.29, 0.717) is 5.56 Å². The summed E-state index contributed by atoms with van der Waals surface area (Å²) in [6, 6.07) is 16.1. The molecule has 2 aromatic rings. The summed E-state index contributed by atoms with van der Waals surface area (Å²) >= 11 is 0. The zero-order chi connectivity index (χ0) is 28.3. The van der Waals surface area contributed by atoms with Crippen LogP contribution >= 0.6 is 0 Å². The summed E-state index contributed by atoms with van der Waals surface area (Å²) in [5.41, 5.74) is 0.583. The van der Waals surface area contributed by atoms with Crippen molar-refractivity contribution in [1.29, 1.82) is 0 Å². The monoisotopic (exact) mass is 523 g/mol. The Morgan fingerprint density at radius 3 is 2.00 bits per heavy atom. The number of amides is 3. The van der Waals surface area contributed by atoms with Crippen molar-refractivity contribution in [2.45, 2.75) is 58.7 Å². The average molecular weight is 524 g/mol. The molecule has 2 atom stereocenters. The topological polar surface area (TPSA) is 123 Å². The number of carbonyl (C=O) groups excluding carboxylic acids is 4. The molecule has 0 spiro atoms. The van der Waals surface area contributed by atoms with Crippen molar-refractivity contribution >= 4 is 30.0 Å². The summed E-state index contributed by atoms with van der Waals surface area (Å²) in [6.45, 7) is 8.69. The molecule has 0 saturated heterocycles. The minimum atomic E-state index is -1.05. The summed E-state index contributed by atoms with van der Waals surface area (Å²) in [7, 11) is 1.24. The van der Waals surface area contributed by atoms with E-state index in [2.05, 4.69) is 16.0 Å². The van der Waals surface area contributed by atoms with Gasteiger partial charge in [-0.3, -0.25) is 9.59 Å². The SMILES string of the molecule is COC(=O)[C@@H](NC(=O)C(=Cc1ccccc1)NC(=O)[C@H](Cc1ccccc1)NC(=O)OC(C)(C)C)C(C)C. The van der Waals surface area contributed by atoms with Gasteiger partial charge in [-0.25, -0.2) is 9.59 Å². The highest BCUT2D eigenvalue weighted by Crippen LogP contribution is 2.12. The Morgan fingerprint density at radius 2 is 1.47 bits per heavy atom. The molecule has 38 heavy (non-hydrogen) atoms. The molecule has 2 aromatic carbocycles. The van der Waals surface area contributed by atoms with Crippen LogP contribution in [0.1, 0.15) is 45.7 Å². The van der Waals surface area contributed by atoms with Crippen LogP contribution in [0.2, 0.25) is 0 Å². The van der Waals surface area contributed by atoms with Crippen LogP contribution in [0.15, 0.2) is 66.4 Å².